The molecule has 0 aromatic rings. The van der Waals surface area contributed by atoms with Gasteiger partial charge in [0.15, 0.2) is 0 Å². The first-order valence-corrected chi connectivity index (χ1v) is 4.78. The van der Waals surface area contributed by atoms with Crippen LogP contribution in [0.25, 0.3) is 0 Å². The largest absolute Gasteiger partial charge is 0.462 e. The number of hydrogen-bond donors (Lipinski definition) is 1. The molecule has 0 aromatic heterocycles. The fraction of sp³-hybridized carbons (Fsp3) is 0.700. The van der Waals surface area contributed by atoms with E-state index in [4.69, 9.17) is 10.5 Å². The molecule has 0 heterocycles. The molecule has 0 spiro atoms. The number of carbonyl (C=O) groups excluding carboxylic acids is 1. The van der Waals surface area contributed by atoms with Gasteiger partial charge in [0.25, 0.3) is 0 Å². The highest BCUT2D eigenvalue weighted by Crippen LogP contribution is 2.14. The van der Waals surface area contributed by atoms with Crippen molar-refractivity contribution in [3.05, 3.63) is 12.2 Å². The van der Waals surface area contributed by atoms with Gasteiger partial charge in [0, 0.05) is 19.4 Å². The van der Waals surface area contributed by atoms with Crippen molar-refractivity contribution in [2.75, 3.05) is 0 Å². The van der Waals surface area contributed by atoms with E-state index in [1.165, 1.54) is 6.92 Å². The van der Waals surface area contributed by atoms with E-state index < -0.39 is 0 Å². The average Bonchev–Trinajstić information content (AvgIpc) is 1.99. The molecule has 2 N–H and O–H groups in total. The maximum Gasteiger partial charge on any atom is 0.302 e. The molecule has 3 heteroatoms. The van der Waals surface area contributed by atoms with Gasteiger partial charge in [-0.1, -0.05) is 12.2 Å². The molecule has 0 aliphatic heterocycles. The van der Waals surface area contributed by atoms with Crippen LogP contribution in [0.4, 0.5) is 0 Å². The van der Waals surface area contributed by atoms with Crippen LogP contribution in [0.1, 0.15) is 32.6 Å². The third kappa shape index (κ3) is 4.08. The predicted octanol–water partition coefficient (Wildman–Crippen LogP) is 1.38. The minimum absolute atomic E-state index is 0.0567. The quantitative estimate of drug-likeness (QED) is 0.493. The van der Waals surface area contributed by atoms with E-state index in [2.05, 4.69) is 0 Å². The molecule has 0 bridgehead atoms. The lowest BCUT2D eigenvalue weighted by Gasteiger charge is -2.18. The second-order valence-electron chi connectivity index (χ2n) is 3.49. The van der Waals surface area contributed by atoms with E-state index in [-0.39, 0.29) is 18.1 Å². The summed E-state index contributed by atoms with van der Waals surface area (Å²) in [4.78, 5) is 10.7. The highest BCUT2D eigenvalue weighted by atomic mass is 16.5. The van der Waals surface area contributed by atoms with E-state index in [0.717, 1.165) is 25.7 Å². The SMILES string of the molecule is CC(=O)OC1C/C=C/C(N)CCC1. The molecule has 3 nitrogen and oxygen atoms in total. The number of ether oxygens (including phenoxy) is 1. The second-order valence-corrected chi connectivity index (χ2v) is 3.49. The van der Waals surface area contributed by atoms with Gasteiger partial charge in [-0.05, 0) is 19.3 Å². The topological polar surface area (TPSA) is 52.3 Å². The Morgan fingerprint density at radius 2 is 2.31 bits per heavy atom. The first-order chi connectivity index (χ1) is 6.18. The molecule has 0 saturated carbocycles. The number of esters is 1. The molecule has 2 atom stereocenters. The Hall–Kier alpha value is -0.830. The van der Waals surface area contributed by atoms with Gasteiger partial charge in [-0.3, -0.25) is 4.79 Å². The van der Waals surface area contributed by atoms with Crippen LogP contribution in [0.2, 0.25) is 0 Å². The Morgan fingerprint density at radius 3 is 3.00 bits per heavy atom. The number of hydrogen-bond acceptors (Lipinski definition) is 3. The number of nitrogens with two attached hydrogens (primary N) is 1. The van der Waals surface area contributed by atoms with Crippen LogP contribution in [0.15, 0.2) is 12.2 Å². The Kier molecular flexibility index (Phi) is 3.96. The van der Waals surface area contributed by atoms with Crippen LogP contribution in [-0.2, 0) is 9.53 Å². The first-order valence-electron chi connectivity index (χ1n) is 4.78. The van der Waals surface area contributed by atoms with Gasteiger partial charge >= 0.3 is 5.97 Å². The van der Waals surface area contributed by atoms with Gasteiger partial charge in [-0.25, -0.2) is 0 Å². The summed E-state index contributed by atoms with van der Waals surface area (Å²) in [6, 6.07) is 0.179. The number of rotatable bonds is 1. The molecule has 0 radical (unpaired) electrons. The van der Waals surface area contributed by atoms with Gasteiger partial charge in [-0.15, -0.1) is 0 Å². The van der Waals surface area contributed by atoms with E-state index in [9.17, 15) is 4.79 Å². The van der Waals surface area contributed by atoms with Crippen LogP contribution in [0.3, 0.4) is 0 Å². The fourth-order valence-electron chi connectivity index (χ4n) is 1.54. The molecule has 2 unspecified atom stereocenters. The lowest BCUT2D eigenvalue weighted by Crippen LogP contribution is -2.22. The van der Waals surface area contributed by atoms with Gasteiger partial charge < -0.3 is 10.5 Å². The molecule has 1 rings (SSSR count). The monoisotopic (exact) mass is 183 g/mol. The summed E-state index contributed by atoms with van der Waals surface area (Å²) in [6.45, 7) is 1.45. The van der Waals surface area contributed by atoms with Crippen molar-refractivity contribution in [2.45, 2.75) is 44.8 Å². The summed E-state index contributed by atoms with van der Waals surface area (Å²) in [5.74, 6) is -0.191. The molecular weight excluding hydrogens is 166 g/mol. The van der Waals surface area contributed by atoms with Crippen molar-refractivity contribution in [3.63, 3.8) is 0 Å². The van der Waals surface area contributed by atoms with Crippen LogP contribution in [-0.4, -0.2) is 18.1 Å². The molecule has 74 valence electrons. The Morgan fingerprint density at radius 1 is 1.54 bits per heavy atom. The Bertz CT molecular complexity index is 201. The molecule has 1 aliphatic rings. The lowest BCUT2D eigenvalue weighted by atomic mass is 10.0. The molecule has 0 saturated heterocycles. The van der Waals surface area contributed by atoms with Gasteiger partial charge in [0.1, 0.15) is 6.10 Å². The highest BCUT2D eigenvalue weighted by Gasteiger charge is 2.12. The maximum absolute atomic E-state index is 10.7. The summed E-state index contributed by atoms with van der Waals surface area (Å²) in [6.07, 6.45) is 7.80. The van der Waals surface area contributed by atoms with Gasteiger partial charge in [-0.2, -0.15) is 0 Å². The molecule has 1 aliphatic carbocycles. The zero-order valence-corrected chi connectivity index (χ0v) is 8.03. The van der Waals surface area contributed by atoms with Crippen molar-refractivity contribution in [3.8, 4) is 0 Å². The molecule has 0 amide bonds. The van der Waals surface area contributed by atoms with Crippen molar-refractivity contribution < 1.29 is 9.53 Å². The highest BCUT2D eigenvalue weighted by molar-refractivity contribution is 5.66. The normalized spacial score (nSPS) is 31.5. The third-order valence-electron chi connectivity index (χ3n) is 2.18. The van der Waals surface area contributed by atoms with Crippen molar-refractivity contribution in [1.29, 1.82) is 0 Å². The molecule has 13 heavy (non-hydrogen) atoms. The van der Waals surface area contributed by atoms with E-state index in [1.54, 1.807) is 0 Å². The summed E-state index contributed by atoms with van der Waals surface area (Å²) < 4.78 is 5.13. The molecular formula is C10H17NO2. The summed E-state index contributed by atoms with van der Waals surface area (Å²) in [5.41, 5.74) is 5.76. The molecule has 0 aromatic carbocycles. The zero-order chi connectivity index (χ0) is 9.68. The zero-order valence-electron chi connectivity index (χ0n) is 8.03. The molecule has 0 fully saturated rings. The third-order valence-corrected chi connectivity index (χ3v) is 2.18. The van der Waals surface area contributed by atoms with Crippen LogP contribution in [0.5, 0.6) is 0 Å². The Balaban J connectivity index is 2.40. The smallest absolute Gasteiger partial charge is 0.302 e. The van der Waals surface area contributed by atoms with Gasteiger partial charge in [0.05, 0.1) is 0 Å². The van der Waals surface area contributed by atoms with Crippen molar-refractivity contribution in [1.82, 2.24) is 0 Å². The van der Waals surface area contributed by atoms with E-state index in [0.29, 0.717) is 0 Å². The first kappa shape index (κ1) is 10.3. The average molecular weight is 183 g/mol. The van der Waals surface area contributed by atoms with Crippen LogP contribution in [0, 0.1) is 0 Å². The Labute approximate surface area is 78.9 Å². The second kappa shape index (κ2) is 5.02. The minimum atomic E-state index is -0.191. The minimum Gasteiger partial charge on any atom is -0.462 e. The summed E-state index contributed by atoms with van der Waals surface area (Å²) in [7, 11) is 0. The number of carbonyl (C=O) groups is 1. The van der Waals surface area contributed by atoms with E-state index >= 15 is 0 Å². The van der Waals surface area contributed by atoms with Crippen LogP contribution >= 0.6 is 0 Å². The van der Waals surface area contributed by atoms with Gasteiger partial charge in [0.2, 0.25) is 0 Å². The maximum atomic E-state index is 10.7. The summed E-state index contributed by atoms with van der Waals surface area (Å²) >= 11 is 0. The lowest BCUT2D eigenvalue weighted by molar-refractivity contribution is -0.146. The predicted molar refractivity (Wildman–Crippen MR) is 51.1 cm³/mol. The summed E-state index contributed by atoms with van der Waals surface area (Å²) in [5, 5.41) is 0. The van der Waals surface area contributed by atoms with Crippen LogP contribution < -0.4 is 5.73 Å². The van der Waals surface area contributed by atoms with E-state index in [1.807, 2.05) is 12.2 Å². The van der Waals surface area contributed by atoms with Crippen molar-refractivity contribution >= 4 is 5.97 Å². The fourth-order valence-corrected chi connectivity index (χ4v) is 1.54. The standard InChI is InChI=1S/C10H17NO2/c1-8(12)13-10-6-2-4-9(11)5-3-7-10/h2,4,9-10H,3,5-7,11H2,1H3/b4-2+. The van der Waals surface area contributed by atoms with Crippen molar-refractivity contribution in [2.24, 2.45) is 5.73 Å².